The fraction of sp³-hybridized carbons (Fsp3) is 0.388. The molecule has 522 valence electrons. The number of carbonyl (C=O) groups excluding carboxylic acids is 9. The van der Waals surface area contributed by atoms with Crippen LogP contribution in [-0.4, -0.2) is 192 Å². The molecule has 31 heteroatoms. The van der Waals surface area contributed by atoms with E-state index in [1.54, 1.807) is 122 Å². The van der Waals surface area contributed by atoms with E-state index in [-0.39, 0.29) is 58.0 Å². The average Bonchev–Trinajstić information content (AvgIpc) is 1.66. The molecule has 0 unspecified atom stereocenters. The number of carboxylic acid groups (broad SMARTS) is 4. The molecule has 10 atom stereocenters. The Morgan fingerprint density at radius 2 is 0.898 bits per heavy atom. The molecule has 9 amide bonds. The van der Waals surface area contributed by atoms with Crippen molar-refractivity contribution >= 4 is 111 Å². The number of carboxylic acids is 4. The van der Waals surface area contributed by atoms with Crippen molar-refractivity contribution in [3.63, 3.8) is 0 Å². The first-order valence-electron chi connectivity index (χ1n) is 31.8. The molecule has 1 aliphatic heterocycles. The lowest BCUT2D eigenvalue weighted by Gasteiger charge is -2.29. The third-order valence-corrected chi connectivity index (χ3v) is 16.9. The van der Waals surface area contributed by atoms with Gasteiger partial charge in [-0.25, -0.2) is 4.79 Å². The number of rotatable bonds is 38. The predicted molar refractivity (Wildman–Crippen MR) is 358 cm³/mol. The van der Waals surface area contributed by atoms with Crippen LogP contribution in [0.5, 0.6) is 0 Å². The zero-order valence-electron chi connectivity index (χ0n) is 53.3. The number of unbranched alkanes of at least 4 members (excludes halogenated alkanes) is 1. The lowest BCUT2D eigenvalue weighted by Crippen LogP contribution is -2.61. The van der Waals surface area contributed by atoms with Crippen LogP contribution in [0.4, 0.5) is 0 Å². The largest absolute Gasteiger partial charge is 0.481 e. The Morgan fingerprint density at radius 1 is 0.480 bits per heavy atom. The number of thiol groups is 1. The molecular formula is C67H81N13O17S. The monoisotopic (exact) mass is 1370 g/mol. The second-order valence-electron chi connectivity index (χ2n) is 23.7. The summed E-state index contributed by atoms with van der Waals surface area (Å²) in [7, 11) is 0. The van der Waals surface area contributed by atoms with Crippen LogP contribution >= 0.6 is 12.6 Å². The molecule has 98 heavy (non-hydrogen) atoms. The van der Waals surface area contributed by atoms with Gasteiger partial charge in [0.15, 0.2) is 0 Å². The molecule has 0 radical (unpaired) electrons. The number of H-pyrrole nitrogens is 2. The minimum Gasteiger partial charge on any atom is -0.481 e. The van der Waals surface area contributed by atoms with Crippen molar-refractivity contribution in [3.8, 4) is 0 Å². The zero-order valence-corrected chi connectivity index (χ0v) is 54.2. The third-order valence-electron chi connectivity index (χ3n) is 16.5. The molecular weight excluding hydrogens is 1290 g/mol. The van der Waals surface area contributed by atoms with E-state index in [1.165, 1.54) is 4.90 Å². The van der Waals surface area contributed by atoms with Crippen LogP contribution in [0, 0.1) is 0 Å². The van der Waals surface area contributed by atoms with Crippen LogP contribution in [-0.2, 0) is 88.0 Å². The van der Waals surface area contributed by atoms with Crippen LogP contribution in [0.1, 0.15) is 80.0 Å². The van der Waals surface area contributed by atoms with E-state index >= 15 is 0 Å². The Balaban J connectivity index is 1.13. The number of fused-ring (bicyclic) bond motifs is 2. The lowest BCUT2D eigenvalue weighted by molar-refractivity contribution is -0.144. The maximum absolute atomic E-state index is 15.0. The number of benzene rings is 4. The van der Waals surface area contributed by atoms with Crippen molar-refractivity contribution < 1.29 is 82.8 Å². The number of amides is 9. The maximum Gasteiger partial charge on any atom is 0.326 e. The number of hydrogen-bond donors (Lipinski definition) is 17. The number of nitrogens with two attached hydrogens (primary N) is 2. The van der Waals surface area contributed by atoms with Gasteiger partial charge in [0, 0.05) is 78.6 Å². The molecule has 2 aromatic heterocycles. The van der Waals surface area contributed by atoms with Crippen molar-refractivity contribution in [3.05, 3.63) is 144 Å². The fourth-order valence-corrected chi connectivity index (χ4v) is 11.7. The first-order valence-corrected chi connectivity index (χ1v) is 32.4. The van der Waals surface area contributed by atoms with Crippen molar-refractivity contribution in [2.75, 3.05) is 18.8 Å². The van der Waals surface area contributed by atoms with Gasteiger partial charge >= 0.3 is 23.9 Å². The molecule has 0 aliphatic carbocycles. The Labute approximate surface area is 567 Å². The number of nitrogens with zero attached hydrogens (tertiary/aromatic N) is 1. The van der Waals surface area contributed by atoms with Gasteiger partial charge in [-0.1, -0.05) is 97.1 Å². The first kappa shape index (κ1) is 74.7. The minimum atomic E-state index is -1.95. The van der Waals surface area contributed by atoms with Crippen molar-refractivity contribution in [2.45, 2.75) is 144 Å². The van der Waals surface area contributed by atoms with Crippen molar-refractivity contribution in [2.24, 2.45) is 11.5 Å². The van der Waals surface area contributed by atoms with Crippen molar-refractivity contribution in [1.82, 2.24) is 57.4 Å². The molecule has 4 aromatic carbocycles. The van der Waals surface area contributed by atoms with Gasteiger partial charge in [-0.05, 0) is 79.5 Å². The topological polar surface area (TPSA) is 486 Å². The number of aromatic nitrogens is 2. The smallest absolute Gasteiger partial charge is 0.326 e. The summed E-state index contributed by atoms with van der Waals surface area (Å²) >= 11 is 4.41. The maximum atomic E-state index is 15.0. The van der Waals surface area contributed by atoms with E-state index in [0.29, 0.717) is 56.9 Å². The Bertz CT molecular complexity index is 3830. The van der Waals surface area contributed by atoms with Gasteiger partial charge in [0.1, 0.15) is 54.4 Å². The number of hydrogen-bond acceptors (Lipinski definition) is 16. The summed E-state index contributed by atoms with van der Waals surface area (Å²) in [6, 6.07) is 15.3. The van der Waals surface area contributed by atoms with E-state index in [9.17, 15) is 82.8 Å². The molecule has 6 aromatic rings. The zero-order chi connectivity index (χ0) is 71.0. The van der Waals surface area contributed by atoms with E-state index < -0.39 is 169 Å². The SMILES string of the molecule is NCCCC[C@H](NC(=O)[C@H](CC(=O)O)NC(=O)[C@H](Cc1ccccc1)NC(=O)[C@H](CS)NC(=O)[C@H](Cc1c[nH]c2ccccc12)NC(=O)[C@H](Cc1c[nH]c2ccccc12)NC(=O)[C@@H]1CCCN1C(=O)[C@@H](N)CC(=O)O)C(=O)N[C@@H](Cc1ccccc1)C(=O)N[C@@H](CCC(=O)O)C(=O)O. The average molecular weight is 1370 g/mol. The van der Waals surface area contributed by atoms with E-state index in [4.69, 9.17) is 11.5 Å². The molecule has 7 rings (SSSR count). The Hall–Kier alpha value is -10.7. The van der Waals surface area contributed by atoms with Gasteiger partial charge in [-0.15, -0.1) is 0 Å². The van der Waals surface area contributed by atoms with Crippen LogP contribution in [0.3, 0.4) is 0 Å². The standard InChI is InChI=1S/C67H81N13O17S/c68-26-12-11-22-46(58(87)74-48(28-37-14-3-1-4-15-37)59(88)73-47(67(96)97)24-25-55(81)82)72-63(92)52(33-57(85)86)77-60(89)49(29-38-16-5-2-6-17-38)75-64(93)53(36-98)79-62(91)50(30-39-34-70-44-20-9-7-18-41(39)44)76-61(90)51(31-40-35-71-45-21-10-8-19-42(40)45)78-65(94)54-23-13-27-80(54)66(95)43(69)32-56(83)84/h1-10,14-21,34-35,43,46-54,70-71,98H,11-13,22-33,36,68-69H2,(H,72,92)(H,73,88)(H,74,87)(H,75,93)(H,76,90)(H,77,89)(H,78,94)(H,79,91)(H,81,82)(H,83,84)(H,85,86)(H,96,97)/t43-,46-,47-,48-,49-,50-,51-,52-,53-,54-/m0/s1. The van der Waals surface area contributed by atoms with Crippen LogP contribution in [0.15, 0.2) is 122 Å². The van der Waals surface area contributed by atoms with Gasteiger partial charge in [0.05, 0.1) is 18.9 Å². The fourth-order valence-electron chi connectivity index (χ4n) is 11.4. The minimum absolute atomic E-state index is 0.0838. The molecule has 1 aliphatic rings. The van der Waals surface area contributed by atoms with Crippen LogP contribution in [0.2, 0.25) is 0 Å². The van der Waals surface area contributed by atoms with Gasteiger partial charge in [0.25, 0.3) is 0 Å². The van der Waals surface area contributed by atoms with Crippen molar-refractivity contribution in [1.29, 1.82) is 0 Å². The number of para-hydroxylation sites is 2. The highest BCUT2D eigenvalue weighted by molar-refractivity contribution is 7.80. The van der Waals surface area contributed by atoms with Crippen LogP contribution < -0.4 is 54.0 Å². The number of nitrogens with one attached hydrogen (secondary N) is 10. The Morgan fingerprint density at radius 3 is 1.38 bits per heavy atom. The molecule has 1 fully saturated rings. The summed E-state index contributed by atoms with van der Waals surface area (Å²) in [6.45, 7) is 0.235. The van der Waals surface area contributed by atoms with Gasteiger partial charge in [-0.3, -0.25) is 57.5 Å². The second-order valence-corrected chi connectivity index (χ2v) is 24.1. The molecule has 0 bridgehead atoms. The molecule has 18 N–H and O–H groups in total. The van der Waals surface area contributed by atoms with E-state index in [2.05, 4.69) is 65.1 Å². The summed E-state index contributed by atoms with van der Waals surface area (Å²) in [6.07, 6.45) is 0.449. The highest BCUT2D eigenvalue weighted by Gasteiger charge is 2.40. The third kappa shape index (κ3) is 21.7. The highest BCUT2D eigenvalue weighted by Crippen LogP contribution is 2.24. The number of carbonyl (C=O) groups is 13. The number of aliphatic carboxylic acids is 4. The molecule has 0 spiro atoms. The summed E-state index contributed by atoms with van der Waals surface area (Å²) < 4.78 is 0. The quantitative estimate of drug-likeness (QED) is 0.0180. The van der Waals surface area contributed by atoms with Gasteiger partial charge in [-0.2, -0.15) is 12.6 Å². The normalized spacial score (nSPS) is 15.5. The summed E-state index contributed by atoms with van der Waals surface area (Å²) in [4.78, 5) is 184. The summed E-state index contributed by atoms with van der Waals surface area (Å²) in [5, 5.41) is 60.4. The second kappa shape index (κ2) is 36.5. The molecule has 30 nitrogen and oxygen atoms in total. The predicted octanol–water partition coefficient (Wildman–Crippen LogP) is 0.0741. The lowest BCUT2D eigenvalue weighted by atomic mass is 10.0. The van der Waals surface area contributed by atoms with Crippen LogP contribution in [0.25, 0.3) is 21.8 Å². The molecule has 0 saturated carbocycles. The van der Waals surface area contributed by atoms with Gasteiger partial charge in [0.2, 0.25) is 53.2 Å². The molecule has 3 heterocycles. The highest BCUT2D eigenvalue weighted by atomic mass is 32.1. The van der Waals surface area contributed by atoms with E-state index in [1.807, 2.05) is 0 Å². The van der Waals surface area contributed by atoms with Gasteiger partial charge < -0.3 is 89.3 Å². The summed E-state index contributed by atoms with van der Waals surface area (Å²) in [5.74, 6) is -14.8. The summed E-state index contributed by atoms with van der Waals surface area (Å²) in [5.41, 5.74) is 15.2. The molecule has 1 saturated heterocycles. The first-order chi connectivity index (χ1) is 46.9. The number of aromatic amines is 2. The Kier molecular flexibility index (Phi) is 27.8. The van der Waals surface area contributed by atoms with E-state index in [0.717, 1.165) is 0 Å². The number of likely N-dealkylation sites (tertiary alicyclic amines) is 1.